The smallest absolute Gasteiger partial charge is 0.850 e. The molecule has 0 radical (unpaired) electrons. The third kappa shape index (κ3) is 1.75. The Kier molecular flexibility index (Phi) is 3.96. The summed E-state index contributed by atoms with van der Waals surface area (Å²) in [6.07, 6.45) is 1.96. The Balaban J connectivity index is 0.00000120. The van der Waals surface area contributed by atoms with Gasteiger partial charge in [-0.25, -0.2) is 0 Å². The summed E-state index contributed by atoms with van der Waals surface area (Å²) in [6.45, 7) is 10.4. The largest absolute Gasteiger partial charge is 1.00 e. The summed E-state index contributed by atoms with van der Waals surface area (Å²) >= 11 is 0. The number of rotatable bonds is 1. The summed E-state index contributed by atoms with van der Waals surface area (Å²) in [6, 6.07) is 0.257. The van der Waals surface area contributed by atoms with Crippen LogP contribution in [0.1, 0.15) is 33.6 Å². The van der Waals surface area contributed by atoms with Crippen LogP contribution >= 0.6 is 0 Å². The van der Waals surface area contributed by atoms with E-state index in [0.29, 0.717) is 5.92 Å². The molecule has 0 spiro atoms. The van der Waals surface area contributed by atoms with Gasteiger partial charge in [0.1, 0.15) is 0 Å². The Hall–Kier alpha value is 0.477. The number of hydrogen-bond acceptors (Lipinski definition) is 3. The second-order valence-corrected chi connectivity index (χ2v) is 6.84. The predicted molar refractivity (Wildman–Crippen MR) is 64.6 cm³/mol. The van der Waals surface area contributed by atoms with Crippen molar-refractivity contribution in [1.82, 2.24) is 4.90 Å². The monoisotopic (exact) mass is 245 g/mol. The maximum atomic E-state index is 12.8. The summed E-state index contributed by atoms with van der Waals surface area (Å²) in [4.78, 5) is 2.41. The van der Waals surface area contributed by atoms with E-state index in [1.807, 2.05) is 0 Å². The van der Waals surface area contributed by atoms with Crippen molar-refractivity contribution in [2.24, 2.45) is 16.7 Å². The third-order valence-electron chi connectivity index (χ3n) is 6.19. The van der Waals surface area contributed by atoms with Gasteiger partial charge in [-0.2, -0.15) is 0 Å². The molecule has 3 fully saturated rings. The van der Waals surface area contributed by atoms with E-state index in [1.54, 1.807) is 0 Å². The van der Waals surface area contributed by atoms with Crippen LogP contribution in [0.2, 0.25) is 0 Å². The second-order valence-electron chi connectivity index (χ2n) is 6.84. The number of nitrogens with zero attached hydrogens (tertiary/aromatic N) is 1. The molecule has 2 bridgehead atoms. The van der Waals surface area contributed by atoms with Crippen LogP contribution in [0.15, 0.2) is 0 Å². The molecule has 3 nitrogen and oxygen atoms in total. The van der Waals surface area contributed by atoms with Crippen LogP contribution in [0.4, 0.5) is 0 Å². The Morgan fingerprint density at radius 2 is 1.78 bits per heavy atom. The van der Waals surface area contributed by atoms with E-state index in [0.717, 1.165) is 32.7 Å². The van der Waals surface area contributed by atoms with Crippen LogP contribution < -0.4 is 24.0 Å². The first-order chi connectivity index (χ1) is 7.98. The first-order valence-electron chi connectivity index (χ1n) is 6.96. The normalized spacial score (nSPS) is 47.0. The van der Waals surface area contributed by atoms with Crippen LogP contribution in [0, 0.1) is 16.7 Å². The fraction of sp³-hybridized carbons (Fsp3) is 1.00. The number of ether oxygens (including phenoxy) is 1. The molecule has 1 saturated heterocycles. The van der Waals surface area contributed by atoms with Gasteiger partial charge >= 0.3 is 18.9 Å². The van der Waals surface area contributed by atoms with Crippen LogP contribution in [-0.4, -0.2) is 43.3 Å². The Morgan fingerprint density at radius 3 is 2.28 bits per heavy atom. The number of hydrogen-bond donors (Lipinski definition) is 0. The molecule has 3 rings (SSSR count). The van der Waals surface area contributed by atoms with Gasteiger partial charge in [0.2, 0.25) is 0 Å². The maximum Gasteiger partial charge on any atom is 1.00 e. The van der Waals surface area contributed by atoms with Crippen LogP contribution in [0.3, 0.4) is 0 Å². The summed E-state index contributed by atoms with van der Waals surface area (Å²) in [5, 5.41) is 12.8. The molecule has 2 aliphatic carbocycles. The van der Waals surface area contributed by atoms with Crippen molar-refractivity contribution >= 4 is 0 Å². The molecule has 2 saturated carbocycles. The first kappa shape index (κ1) is 14.9. The Bertz CT molecular complexity index is 317. The van der Waals surface area contributed by atoms with Crippen molar-refractivity contribution < 1.29 is 28.7 Å². The minimum absolute atomic E-state index is 0. The SMILES string of the molecule is CC1(C)[C@@H]2CC[C@@]1(C)[C@H]([O-])[C@H]2N1CCOCC1.[Li+]. The van der Waals surface area contributed by atoms with Crippen molar-refractivity contribution in [3.8, 4) is 0 Å². The molecule has 18 heavy (non-hydrogen) atoms. The molecule has 0 unspecified atom stereocenters. The average molecular weight is 245 g/mol. The summed E-state index contributed by atoms with van der Waals surface area (Å²) in [5.74, 6) is 0.591. The van der Waals surface area contributed by atoms with E-state index in [2.05, 4.69) is 25.7 Å². The molecule has 1 aliphatic heterocycles. The molecule has 0 aromatic rings. The van der Waals surface area contributed by atoms with E-state index in [-0.39, 0.29) is 35.7 Å². The van der Waals surface area contributed by atoms with E-state index < -0.39 is 6.10 Å². The first-order valence-corrected chi connectivity index (χ1v) is 6.96. The Morgan fingerprint density at radius 1 is 1.17 bits per heavy atom. The van der Waals surface area contributed by atoms with Gasteiger partial charge in [0.05, 0.1) is 13.2 Å². The van der Waals surface area contributed by atoms with Gasteiger partial charge in [-0.3, -0.25) is 4.90 Å². The minimum atomic E-state index is -0.408. The fourth-order valence-corrected chi connectivity index (χ4v) is 4.58. The van der Waals surface area contributed by atoms with Gasteiger partial charge in [0.25, 0.3) is 0 Å². The number of morpholine rings is 1. The molecule has 0 aromatic heterocycles. The summed E-state index contributed by atoms with van der Waals surface area (Å²) < 4.78 is 5.41. The molecule has 98 valence electrons. The van der Waals surface area contributed by atoms with Crippen molar-refractivity contribution in [3.05, 3.63) is 0 Å². The molecule has 3 aliphatic rings. The Labute approximate surface area is 122 Å². The molecular formula is C14H24LiNO2. The zero-order valence-electron chi connectivity index (χ0n) is 12.2. The predicted octanol–water partition coefficient (Wildman–Crippen LogP) is -2.12. The molecule has 4 heteroatoms. The molecular weight excluding hydrogens is 221 g/mol. The van der Waals surface area contributed by atoms with Crippen molar-refractivity contribution in [3.63, 3.8) is 0 Å². The summed E-state index contributed by atoms with van der Waals surface area (Å²) in [7, 11) is 0. The van der Waals surface area contributed by atoms with Crippen molar-refractivity contribution in [2.45, 2.75) is 45.8 Å². The quantitative estimate of drug-likeness (QED) is 0.495. The van der Waals surface area contributed by atoms with E-state index >= 15 is 0 Å². The van der Waals surface area contributed by atoms with Gasteiger partial charge in [0, 0.05) is 19.1 Å². The molecule has 4 atom stereocenters. The maximum absolute atomic E-state index is 12.8. The topological polar surface area (TPSA) is 35.5 Å². The van der Waals surface area contributed by atoms with Gasteiger partial charge in [-0.15, -0.1) is 6.10 Å². The minimum Gasteiger partial charge on any atom is -0.850 e. The van der Waals surface area contributed by atoms with Gasteiger partial charge in [0.15, 0.2) is 0 Å². The van der Waals surface area contributed by atoms with E-state index in [4.69, 9.17) is 4.74 Å². The standard InChI is InChI=1S/C14H24NO2.Li/c1-13(2)10-4-5-14(13,3)12(16)11(10)15-6-8-17-9-7-15;/h10-12H,4-9H2,1-3H3;/q-1;+1/t10-,11+,12-,14+;/m1./s1. The molecule has 1 heterocycles. The zero-order chi connectivity index (χ0) is 12.3. The molecule has 0 amide bonds. The van der Waals surface area contributed by atoms with Gasteiger partial charge < -0.3 is 9.84 Å². The van der Waals surface area contributed by atoms with E-state index in [9.17, 15) is 5.11 Å². The van der Waals surface area contributed by atoms with E-state index in [1.165, 1.54) is 6.42 Å². The van der Waals surface area contributed by atoms with Gasteiger partial charge in [-0.1, -0.05) is 20.8 Å². The van der Waals surface area contributed by atoms with Crippen LogP contribution in [0.25, 0.3) is 0 Å². The zero-order valence-corrected chi connectivity index (χ0v) is 12.2. The van der Waals surface area contributed by atoms with Crippen LogP contribution in [-0.2, 0) is 4.74 Å². The molecule has 0 aromatic carbocycles. The van der Waals surface area contributed by atoms with Crippen molar-refractivity contribution in [2.75, 3.05) is 26.3 Å². The molecule has 0 N–H and O–H groups in total. The fourth-order valence-electron chi connectivity index (χ4n) is 4.58. The van der Waals surface area contributed by atoms with Crippen molar-refractivity contribution in [1.29, 1.82) is 0 Å². The summed E-state index contributed by atoms with van der Waals surface area (Å²) in [5.41, 5.74) is 0.211. The average Bonchev–Trinajstić information content (AvgIpc) is 2.62. The van der Waals surface area contributed by atoms with Crippen LogP contribution in [0.5, 0.6) is 0 Å². The number of fused-ring (bicyclic) bond motifs is 2. The third-order valence-corrected chi connectivity index (χ3v) is 6.19. The van der Waals surface area contributed by atoms with Gasteiger partial charge in [-0.05, 0) is 29.6 Å². The second kappa shape index (κ2) is 4.79.